The summed E-state index contributed by atoms with van der Waals surface area (Å²) >= 11 is 5.69. The van der Waals surface area contributed by atoms with E-state index >= 15 is 0 Å². The number of nitrogens with one attached hydrogen (secondary N) is 1. The highest BCUT2D eigenvalue weighted by Gasteiger charge is 2.21. The van der Waals surface area contributed by atoms with Crippen molar-refractivity contribution in [2.75, 3.05) is 0 Å². The summed E-state index contributed by atoms with van der Waals surface area (Å²) in [6.07, 6.45) is 0.975. The van der Waals surface area contributed by atoms with Gasteiger partial charge in [-0.2, -0.15) is 0 Å². The molecule has 0 saturated carbocycles. The van der Waals surface area contributed by atoms with Gasteiger partial charge in [0.15, 0.2) is 0 Å². The third-order valence-electron chi connectivity index (χ3n) is 2.86. The summed E-state index contributed by atoms with van der Waals surface area (Å²) in [5.74, 6) is -0.563. The molecule has 0 bridgehead atoms. The Hall–Kier alpha value is -2.47. The van der Waals surface area contributed by atoms with Crippen LogP contribution in [-0.4, -0.2) is 15.8 Å². The average molecular weight is 306 g/mol. The summed E-state index contributed by atoms with van der Waals surface area (Å²) in [5.41, 5.74) is 1.53. The van der Waals surface area contributed by atoms with Gasteiger partial charge < -0.3 is 5.32 Å². The number of carbonyl (C=O) groups excluding carboxylic acids is 1. The third-order valence-corrected chi connectivity index (χ3v) is 3.07. The van der Waals surface area contributed by atoms with E-state index in [0.29, 0.717) is 0 Å². The predicted molar refractivity (Wildman–Crippen MR) is 78.3 cm³/mol. The zero-order valence-electron chi connectivity index (χ0n) is 11.2. The van der Waals surface area contributed by atoms with E-state index < -0.39 is 10.8 Å². The number of nitrogens with zero attached hydrogens (tertiary/aromatic N) is 2. The highest BCUT2D eigenvalue weighted by atomic mass is 35.5. The summed E-state index contributed by atoms with van der Waals surface area (Å²) in [6, 6.07) is 8.79. The van der Waals surface area contributed by atoms with Crippen molar-refractivity contribution in [1.29, 1.82) is 0 Å². The van der Waals surface area contributed by atoms with Gasteiger partial charge in [0, 0.05) is 6.54 Å². The molecule has 7 heteroatoms. The fourth-order valence-electron chi connectivity index (χ4n) is 1.73. The van der Waals surface area contributed by atoms with Crippen LogP contribution in [0.3, 0.4) is 0 Å². The summed E-state index contributed by atoms with van der Waals surface area (Å²) in [6.45, 7) is 2.24. The van der Waals surface area contributed by atoms with Gasteiger partial charge in [-0.05, 0) is 18.6 Å². The average Bonchev–Trinajstić information content (AvgIpc) is 2.46. The maximum absolute atomic E-state index is 12.1. The van der Waals surface area contributed by atoms with Crippen molar-refractivity contribution in [1.82, 2.24) is 10.3 Å². The lowest BCUT2D eigenvalue weighted by Crippen LogP contribution is -2.23. The van der Waals surface area contributed by atoms with E-state index in [1.54, 1.807) is 0 Å². The second-order valence-electron chi connectivity index (χ2n) is 4.45. The smallest absolute Gasteiger partial charge is 0.300 e. The maximum atomic E-state index is 12.1. The van der Waals surface area contributed by atoms with E-state index in [2.05, 4.69) is 10.3 Å². The quantitative estimate of drug-likeness (QED) is 0.534. The van der Waals surface area contributed by atoms with Crippen molar-refractivity contribution in [3.05, 3.63) is 68.5 Å². The molecule has 0 fully saturated rings. The van der Waals surface area contributed by atoms with E-state index in [1.807, 2.05) is 31.2 Å². The van der Waals surface area contributed by atoms with Crippen molar-refractivity contribution in [3.63, 3.8) is 0 Å². The van der Waals surface area contributed by atoms with Crippen LogP contribution in [0.1, 0.15) is 21.5 Å². The van der Waals surface area contributed by atoms with E-state index in [4.69, 9.17) is 11.6 Å². The van der Waals surface area contributed by atoms with Crippen LogP contribution < -0.4 is 5.32 Å². The van der Waals surface area contributed by atoms with Crippen molar-refractivity contribution in [3.8, 4) is 0 Å². The normalized spacial score (nSPS) is 10.2. The SMILES string of the molecule is Cc1ccc(CNC(=O)c2cc(Cl)ncc2[N+](=O)[O-])cc1. The standard InChI is InChI=1S/C14H12ClN3O3/c1-9-2-4-10(5-3-9)7-17-14(19)11-6-13(15)16-8-12(11)18(20)21/h2-6,8H,7H2,1H3,(H,17,19). The zero-order chi connectivity index (χ0) is 15.4. The topological polar surface area (TPSA) is 85.1 Å². The minimum Gasteiger partial charge on any atom is -0.348 e. The first-order valence-corrected chi connectivity index (χ1v) is 6.49. The number of benzene rings is 1. The molecule has 108 valence electrons. The monoisotopic (exact) mass is 305 g/mol. The van der Waals surface area contributed by atoms with Gasteiger partial charge in [0.25, 0.3) is 11.6 Å². The zero-order valence-corrected chi connectivity index (χ0v) is 11.9. The lowest BCUT2D eigenvalue weighted by Gasteiger charge is -2.06. The van der Waals surface area contributed by atoms with Crippen LogP contribution in [0.4, 0.5) is 5.69 Å². The Bertz CT molecular complexity index is 686. The summed E-state index contributed by atoms with van der Waals surface area (Å²) in [4.78, 5) is 25.9. The second-order valence-corrected chi connectivity index (χ2v) is 4.84. The molecular formula is C14H12ClN3O3. The Morgan fingerprint density at radius 2 is 2.05 bits per heavy atom. The molecule has 21 heavy (non-hydrogen) atoms. The van der Waals surface area contributed by atoms with Crippen molar-refractivity contribution < 1.29 is 9.72 Å². The molecular weight excluding hydrogens is 294 g/mol. The molecule has 0 aliphatic rings. The molecule has 6 nitrogen and oxygen atoms in total. The molecule has 0 spiro atoms. The van der Waals surface area contributed by atoms with Crippen molar-refractivity contribution in [2.24, 2.45) is 0 Å². The molecule has 0 unspecified atom stereocenters. The third kappa shape index (κ3) is 3.76. The minimum atomic E-state index is -0.663. The molecule has 1 aromatic heterocycles. The van der Waals surface area contributed by atoms with Crippen LogP contribution in [0, 0.1) is 17.0 Å². The van der Waals surface area contributed by atoms with Gasteiger partial charge >= 0.3 is 0 Å². The van der Waals surface area contributed by atoms with Crippen molar-refractivity contribution in [2.45, 2.75) is 13.5 Å². The predicted octanol–water partition coefficient (Wildman–Crippen LogP) is 2.88. The summed E-state index contributed by atoms with van der Waals surface area (Å²) in [7, 11) is 0. The Balaban J connectivity index is 2.15. The Morgan fingerprint density at radius 1 is 1.38 bits per heavy atom. The number of carbonyl (C=O) groups is 1. The highest BCUT2D eigenvalue weighted by Crippen LogP contribution is 2.20. The number of rotatable bonds is 4. The van der Waals surface area contributed by atoms with Gasteiger partial charge in [-0.15, -0.1) is 0 Å². The molecule has 1 N–H and O–H groups in total. The number of halogens is 1. The molecule has 0 saturated heterocycles. The lowest BCUT2D eigenvalue weighted by molar-refractivity contribution is -0.385. The largest absolute Gasteiger partial charge is 0.348 e. The van der Waals surface area contributed by atoms with Crippen LogP contribution in [0.25, 0.3) is 0 Å². The first kappa shape index (κ1) is 14.9. The first-order valence-electron chi connectivity index (χ1n) is 6.11. The lowest BCUT2D eigenvalue weighted by atomic mass is 10.1. The molecule has 2 rings (SSSR count). The molecule has 2 aromatic rings. The number of pyridine rings is 1. The van der Waals surface area contributed by atoms with Crippen molar-refractivity contribution >= 4 is 23.2 Å². The van der Waals surface area contributed by atoms with Gasteiger partial charge in [0.05, 0.1) is 4.92 Å². The number of amides is 1. The van der Waals surface area contributed by atoms with Crippen LogP contribution in [0.2, 0.25) is 5.15 Å². The van der Waals surface area contributed by atoms with Gasteiger partial charge in [-0.3, -0.25) is 14.9 Å². The van der Waals surface area contributed by atoms with Gasteiger partial charge in [-0.25, -0.2) is 4.98 Å². The number of hydrogen-bond donors (Lipinski definition) is 1. The molecule has 1 aromatic carbocycles. The van der Waals surface area contributed by atoms with Crippen LogP contribution in [-0.2, 0) is 6.54 Å². The number of hydrogen-bond acceptors (Lipinski definition) is 4. The van der Waals surface area contributed by atoms with Gasteiger partial charge in [-0.1, -0.05) is 41.4 Å². The summed E-state index contributed by atoms with van der Waals surface area (Å²) < 4.78 is 0. The van der Waals surface area contributed by atoms with Gasteiger partial charge in [0.2, 0.25) is 0 Å². The highest BCUT2D eigenvalue weighted by molar-refractivity contribution is 6.29. The van der Waals surface area contributed by atoms with Crippen LogP contribution >= 0.6 is 11.6 Å². The molecule has 0 atom stereocenters. The number of aromatic nitrogens is 1. The van der Waals surface area contributed by atoms with E-state index in [9.17, 15) is 14.9 Å². The fraction of sp³-hybridized carbons (Fsp3) is 0.143. The summed E-state index contributed by atoms with van der Waals surface area (Å²) in [5, 5.41) is 13.5. The van der Waals surface area contributed by atoms with E-state index in [1.165, 1.54) is 6.07 Å². The Morgan fingerprint density at radius 3 is 2.67 bits per heavy atom. The van der Waals surface area contributed by atoms with Crippen LogP contribution in [0.15, 0.2) is 36.5 Å². The number of nitro groups is 1. The molecule has 0 radical (unpaired) electrons. The second kappa shape index (κ2) is 6.32. The van der Waals surface area contributed by atoms with Gasteiger partial charge in [0.1, 0.15) is 16.9 Å². The maximum Gasteiger partial charge on any atom is 0.300 e. The molecule has 0 aliphatic carbocycles. The van der Waals surface area contributed by atoms with Crippen LogP contribution in [0.5, 0.6) is 0 Å². The first-order chi connectivity index (χ1) is 9.97. The van der Waals surface area contributed by atoms with E-state index in [-0.39, 0.29) is 22.9 Å². The minimum absolute atomic E-state index is 0.0288. The molecule has 1 heterocycles. The number of aryl methyl sites for hydroxylation is 1. The van der Waals surface area contributed by atoms with E-state index in [0.717, 1.165) is 17.3 Å². The fourth-order valence-corrected chi connectivity index (χ4v) is 1.89. The molecule has 0 aliphatic heterocycles. The Kier molecular flexibility index (Phi) is 4.49. The Labute approximate surface area is 125 Å². The molecule has 1 amide bonds.